The third kappa shape index (κ3) is 5.80. The highest BCUT2D eigenvalue weighted by molar-refractivity contribution is 7.19. The summed E-state index contributed by atoms with van der Waals surface area (Å²) in [5.41, 5.74) is 15.7. The molecular formula is C48H39NS. The average molecular weight is 662 g/mol. The van der Waals surface area contributed by atoms with Crippen molar-refractivity contribution in [2.75, 3.05) is 4.90 Å². The van der Waals surface area contributed by atoms with Crippen molar-refractivity contribution in [3.8, 4) is 22.3 Å². The van der Waals surface area contributed by atoms with E-state index in [9.17, 15) is 0 Å². The number of aryl methyl sites for hydroxylation is 1. The summed E-state index contributed by atoms with van der Waals surface area (Å²) < 4.78 is 1.38. The molecule has 0 saturated heterocycles. The molecule has 0 amide bonds. The maximum atomic E-state index is 2.49. The number of benzene rings is 5. The third-order valence-corrected chi connectivity index (χ3v) is 11.6. The Morgan fingerprint density at radius 2 is 1.24 bits per heavy atom. The molecule has 3 aliphatic carbocycles. The lowest BCUT2D eigenvalue weighted by Gasteiger charge is -2.31. The van der Waals surface area contributed by atoms with E-state index < -0.39 is 0 Å². The van der Waals surface area contributed by atoms with Gasteiger partial charge in [0.25, 0.3) is 0 Å². The topological polar surface area (TPSA) is 3.24 Å². The van der Waals surface area contributed by atoms with Gasteiger partial charge in [-0.05, 0) is 119 Å². The van der Waals surface area contributed by atoms with Crippen LogP contribution in [0.1, 0.15) is 48.1 Å². The molecule has 1 heterocycles. The van der Waals surface area contributed by atoms with Gasteiger partial charge in [0.05, 0.1) is 0 Å². The molecule has 0 radical (unpaired) electrons. The van der Waals surface area contributed by atoms with Crippen molar-refractivity contribution in [1.29, 1.82) is 0 Å². The first-order chi connectivity index (χ1) is 24.8. The molecule has 1 aromatic heterocycles. The molecule has 2 heteroatoms. The van der Waals surface area contributed by atoms with Gasteiger partial charge < -0.3 is 4.90 Å². The van der Waals surface area contributed by atoms with Crippen LogP contribution in [0, 0.1) is 0 Å². The van der Waals surface area contributed by atoms with Crippen LogP contribution in [0.3, 0.4) is 0 Å². The zero-order valence-electron chi connectivity index (χ0n) is 28.2. The molecule has 242 valence electrons. The number of fused-ring (bicyclic) bond motifs is 3. The lowest BCUT2D eigenvalue weighted by Crippen LogP contribution is -2.18. The lowest BCUT2D eigenvalue weighted by atomic mass is 9.85. The normalized spacial score (nSPS) is 15.5. The highest BCUT2D eigenvalue weighted by Crippen LogP contribution is 2.46. The molecule has 6 aromatic rings. The lowest BCUT2D eigenvalue weighted by molar-refractivity contribution is 0.851. The zero-order chi connectivity index (χ0) is 33.3. The van der Waals surface area contributed by atoms with Gasteiger partial charge in [-0.15, -0.1) is 11.3 Å². The summed E-state index contributed by atoms with van der Waals surface area (Å²) in [5.74, 6) is 0. The van der Waals surface area contributed by atoms with E-state index in [1.165, 1.54) is 82.1 Å². The Labute approximate surface area is 299 Å². The fraction of sp³-hybridized carbons (Fsp3) is 0.125. The van der Waals surface area contributed by atoms with E-state index in [0.29, 0.717) is 0 Å². The Morgan fingerprint density at radius 3 is 2.00 bits per heavy atom. The molecule has 0 unspecified atom stereocenters. The second-order valence-electron chi connectivity index (χ2n) is 13.4. The van der Waals surface area contributed by atoms with Crippen molar-refractivity contribution in [1.82, 2.24) is 0 Å². The number of hydrogen-bond acceptors (Lipinski definition) is 2. The number of hydrogen-bond donors (Lipinski definition) is 0. The molecule has 0 N–H and O–H groups in total. The average Bonchev–Trinajstić information content (AvgIpc) is 3.59. The van der Waals surface area contributed by atoms with Crippen LogP contribution in [0.15, 0.2) is 181 Å². The van der Waals surface area contributed by atoms with Crippen LogP contribution in [0.5, 0.6) is 0 Å². The number of nitrogens with zero attached hydrogens (tertiary/aromatic N) is 1. The van der Waals surface area contributed by atoms with E-state index in [2.05, 4.69) is 169 Å². The van der Waals surface area contributed by atoms with E-state index in [0.717, 1.165) is 38.5 Å². The fourth-order valence-corrected chi connectivity index (χ4v) is 9.12. The van der Waals surface area contributed by atoms with Crippen molar-refractivity contribution < 1.29 is 0 Å². The van der Waals surface area contributed by atoms with Gasteiger partial charge in [-0.3, -0.25) is 0 Å². The van der Waals surface area contributed by atoms with Crippen LogP contribution < -0.4 is 4.90 Å². The van der Waals surface area contributed by atoms with Crippen LogP contribution in [0.4, 0.5) is 11.4 Å². The van der Waals surface area contributed by atoms with E-state index in [4.69, 9.17) is 0 Å². The van der Waals surface area contributed by atoms with E-state index in [-0.39, 0.29) is 0 Å². The first kappa shape index (κ1) is 30.6. The van der Waals surface area contributed by atoms with Crippen LogP contribution in [0.2, 0.25) is 0 Å². The summed E-state index contributed by atoms with van der Waals surface area (Å²) in [6.07, 6.45) is 20.5. The quantitative estimate of drug-likeness (QED) is 0.165. The summed E-state index contributed by atoms with van der Waals surface area (Å²) in [4.78, 5) is 4.00. The first-order valence-corrected chi connectivity index (χ1v) is 18.7. The predicted octanol–water partition coefficient (Wildman–Crippen LogP) is 13.6. The zero-order valence-corrected chi connectivity index (χ0v) is 29.0. The van der Waals surface area contributed by atoms with Crippen LogP contribution >= 0.6 is 11.3 Å². The Morgan fingerprint density at radius 1 is 0.520 bits per heavy atom. The van der Waals surface area contributed by atoms with Gasteiger partial charge >= 0.3 is 0 Å². The van der Waals surface area contributed by atoms with Gasteiger partial charge in [0.1, 0.15) is 0 Å². The van der Waals surface area contributed by atoms with Gasteiger partial charge in [0, 0.05) is 37.6 Å². The standard InChI is InChI=1S/C48H39NS/c1-4-13-34(14-5-1)36-23-27-39(28-24-36)49(40-29-25-37(26-30-40)35-15-6-2-7-16-35)41-31-32-42(45(33-41)38-17-8-3-9-18-38)43-20-12-22-47-48(43)44-19-10-11-21-46(44)50-47/h1-6,8-11,13-15,17-21,23-25,27-29,31-33H,7,12,16,22,26,30H2. The third-order valence-electron chi connectivity index (χ3n) is 10.4. The molecule has 0 aliphatic heterocycles. The second kappa shape index (κ2) is 13.5. The summed E-state index contributed by atoms with van der Waals surface area (Å²) in [5, 5.41) is 1.38. The van der Waals surface area contributed by atoms with Gasteiger partial charge in [-0.25, -0.2) is 0 Å². The van der Waals surface area contributed by atoms with E-state index >= 15 is 0 Å². The van der Waals surface area contributed by atoms with Crippen LogP contribution in [-0.4, -0.2) is 0 Å². The highest BCUT2D eigenvalue weighted by Gasteiger charge is 2.25. The maximum Gasteiger partial charge on any atom is 0.0465 e. The van der Waals surface area contributed by atoms with Crippen molar-refractivity contribution in [3.63, 3.8) is 0 Å². The smallest absolute Gasteiger partial charge is 0.0465 e. The van der Waals surface area contributed by atoms with Crippen molar-refractivity contribution in [2.24, 2.45) is 0 Å². The fourth-order valence-electron chi connectivity index (χ4n) is 7.89. The van der Waals surface area contributed by atoms with Gasteiger partial charge in [-0.2, -0.15) is 0 Å². The number of allylic oxidation sites excluding steroid dienone is 9. The molecule has 0 spiro atoms. The Kier molecular flexibility index (Phi) is 8.24. The predicted molar refractivity (Wildman–Crippen MR) is 215 cm³/mol. The molecule has 1 nitrogen and oxygen atoms in total. The Hall–Kier alpha value is -5.44. The van der Waals surface area contributed by atoms with Crippen molar-refractivity contribution >= 4 is 38.4 Å². The molecule has 5 aromatic carbocycles. The number of anilines is 2. The summed E-state index contributed by atoms with van der Waals surface area (Å²) >= 11 is 1.96. The Balaban J connectivity index is 1.19. The molecule has 0 saturated carbocycles. The second-order valence-corrected chi connectivity index (χ2v) is 14.5. The molecule has 50 heavy (non-hydrogen) atoms. The van der Waals surface area contributed by atoms with Crippen LogP contribution in [-0.2, 0) is 6.42 Å². The minimum Gasteiger partial charge on any atom is -0.314 e. The first-order valence-electron chi connectivity index (χ1n) is 17.9. The molecule has 0 atom stereocenters. The maximum absolute atomic E-state index is 2.49. The molecular weight excluding hydrogens is 623 g/mol. The molecule has 3 aliphatic rings. The van der Waals surface area contributed by atoms with Crippen molar-refractivity contribution in [3.05, 3.63) is 197 Å². The van der Waals surface area contributed by atoms with E-state index in [1.54, 1.807) is 0 Å². The van der Waals surface area contributed by atoms with Crippen LogP contribution in [0.25, 0.3) is 37.9 Å². The van der Waals surface area contributed by atoms with E-state index in [1.807, 2.05) is 11.3 Å². The SMILES string of the molecule is C1=CCCC(C2=CC=C(N(c3ccc(-c4ccccc4)cc3)c3ccc(C4=CCCc5sc6ccccc6c54)c(-c4ccccc4)c3)CC2)=C1. The summed E-state index contributed by atoms with van der Waals surface area (Å²) in [7, 11) is 0. The van der Waals surface area contributed by atoms with Gasteiger partial charge in [0.15, 0.2) is 0 Å². The van der Waals surface area contributed by atoms with Crippen molar-refractivity contribution in [2.45, 2.75) is 38.5 Å². The molecule has 0 bridgehead atoms. The number of rotatable bonds is 7. The largest absolute Gasteiger partial charge is 0.314 e. The van der Waals surface area contributed by atoms with Gasteiger partial charge in [-0.1, -0.05) is 127 Å². The number of thiophene rings is 1. The Bertz CT molecular complexity index is 2350. The minimum atomic E-state index is 0.991. The summed E-state index contributed by atoms with van der Waals surface area (Å²) in [6, 6.07) is 46.9. The molecule has 0 fully saturated rings. The highest BCUT2D eigenvalue weighted by atomic mass is 32.1. The monoisotopic (exact) mass is 661 g/mol. The van der Waals surface area contributed by atoms with Gasteiger partial charge in [0.2, 0.25) is 0 Å². The minimum absolute atomic E-state index is 0.991. The molecule has 9 rings (SSSR count). The summed E-state index contributed by atoms with van der Waals surface area (Å²) in [6.45, 7) is 0.